The quantitative estimate of drug-likeness (QED) is 0.477. The summed E-state index contributed by atoms with van der Waals surface area (Å²) in [4.78, 5) is 26.9. The zero-order valence-electron chi connectivity index (χ0n) is 10.9. The standard InChI is InChI=1S/C16H13NO3/c1-12(18)17-15(13-8-4-2-5-9-13)20-16(19)14-10-6-3-7-11-14/h2-11H,1H3. The first kappa shape index (κ1) is 13.7. The third kappa shape index (κ3) is 3.62. The number of hydrogen-bond acceptors (Lipinski definition) is 3. The van der Waals surface area contributed by atoms with Gasteiger partial charge in [0.05, 0.1) is 5.56 Å². The van der Waals surface area contributed by atoms with Crippen LogP contribution in [-0.4, -0.2) is 17.8 Å². The van der Waals surface area contributed by atoms with Crippen LogP contribution < -0.4 is 0 Å². The van der Waals surface area contributed by atoms with E-state index in [0.717, 1.165) is 0 Å². The van der Waals surface area contributed by atoms with Crippen molar-refractivity contribution in [1.82, 2.24) is 0 Å². The van der Waals surface area contributed by atoms with Crippen LogP contribution in [0.5, 0.6) is 0 Å². The zero-order chi connectivity index (χ0) is 14.4. The van der Waals surface area contributed by atoms with Crippen molar-refractivity contribution in [3.63, 3.8) is 0 Å². The number of ether oxygens (including phenoxy) is 1. The Hall–Kier alpha value is -2.75. The van der Waals surface area contributed by atoms with Crippen molar-refractivity contribution in [1.29, 1.82) is 0 Å². The highest BCUT2D eigenvalue weighted by atomic mass is 16.5. The van der Waals surface area contributed by atoms with Crippen LogP contribution in [0.3, 0.4) is 0 Å². The molecule has 2 aromatic rings. The van der Waals surface area contributed by atoms with Gasteiger partial charge in [0.1, 0.15) is 0 Å². The molecule has 1 amide bonds. The molecule has 20 heavy (non-hydrogen) atoms. The molecule has 0 fully saturated rings. The van der Waals surface area contributed by atoms with Gasteiger partial charge in [-0.15, -0.1) is 0 Å². The largest absolute Gasteiger partial charge is 0.403 e. The van der Waals surface area contributed by atoms with E-state index in [4.69, 9.17) is 4.74 Å². The van der Waals surface area contributed by atoms with Gasteiger partial charge in [-0.3, -0.25) is 4.79 Å². The lowest BCUT2D eigenvalue weighted by Gasteiger charge is -2.07. The summed E-state index contributed by atoms with van der Waals surface area (Å²) in [5, 5.41) is 0. The predicted molar refractivity (Wildman–Crippen MR) is 75.5 cm³/mol. The number of carbonyl (C=O) groups excluding carboxylic acids is 2. The van der Waals surface area contributed by atoms with E-state index in [-0.39, 0.29) is 5.90 Å². The fourth-order valence-corrected chi connectivity index (χ4v) is 1.59. The summed E-state index contributed by atoms with van der Waals surface area (Å²) in [6.45, 7) is 1.30. The van der Waals surface area contributed by atoms with Crippen LogP contribution in [0.2, 0.25) is 0 Å². The Morgan fingerprint density at radius 1 is 0.850 bits per heavy atom. The summed E-state index contributed by atoms with van der Waals surface area (Å²) in [6.07, 6.45) is 0. The lowest BCUT2D eigenvalue weighted by molar-refractivity contribution is -0.115. The number of carbonyl (C=O) groups is 2. The molecule has 0 spiro atoms. The van der Waals surface area contributed by atoms with Gasteiger partial charge in [0.2, 0.25) is 11.8 Å². The lowest BCUT2D eigenvalue weighted by Crippen LogP contribution is -2.15. The molecule has 0 saturated carbocycles. The molecule has 0 aromatic heterocycles. The Labute approximate surface area is 116 Å². The number of esters is 1. The average Bonchev–Trinajstić information content (AvgIpc) is 2.48. The first-order chi connectivity index (χ1) is 9.66. The number of aliphatic imine (C=N–C) groups is 1. The van der Waals surface area contributed by atoms with Crippen LogP contribution in [0.25, 0.3) is 0 Å². The van der Waals surface area contributed by atoms with Crippen molar-refractivity contribution in [2.75, 3.05) is 0 Å². The highest BCUT2D eigenvalue weighted by Gasteiger charge is 2.13. The molecule has 2 rings (SSSR count). The van der Waals surface area contributed by atoms with E-state index in [2.05, 4.69) is 4.99 Å². The van der Waals surface area contributed by atoms with Gasteiger partial charge >= 0.3 is 5.97 Å². The molecule has 2 aromatic carbocycles. The van der Waals surface area contributed by atoms with Crippen LogP contribution in [-0.2, 0) is 9.53 Å². The van der Waals surface area contributed by atoms with E-state index in [1.807, 2.05) is 6.07 Å². The average molecular weight is 267 g/mol. The van der Waals surface area contributed by atoms with Crippen LogP contribution in [0.1, 0.15) is 22.8 Å². The molecule has 0 heterocycles. The second kappa shape index (κ2) is 6.43. The Morgan fingerprint density at radius 3 is 1.85 bits per heavy atom. The zero-order valence-corrected chi connectivity index (χ0v) is 10.9. The summed E-state index contributed by atoms with van der Waals surface area (Å²) in [7, 11) is 0. The van der Waals surface area contributed by atoms with Gasteiger partial charge in [-0.1, -0.05) is 36.4 Å². The Balaban J connectivity index is 2.26. The van der Waals surface area contributed by atoms with E-state index in [1.54, 1.807) is 54.6 Å². The van der Waals surface area contributed by atoms with E-state index in [1.165, 1.54) is 6.92 Å². The third-order valence-electron chi connectivity index (χ3n) is 2.48. The molecule has 0 atom stereocenters. The summed E-state index contributed by atoms with van der Waals surface area (Å²) < 4.78 is 5.22. The van der Waals surface area contributed by atoms with E-state index in [0.29, 0.717) is 11.1 Å². The molecule has 4 heteroatoms. The van der Waals surface area contributed by atoms with Crippen molar-refractivity contribution in [3.05, 3.63) is 71.8 Å². The Bertz CT molecular complexity index is 633. The number of amides is 1. The van der Waals surface area contributed by atoms with Gasteiger partial charge in [0.25, 0.3) is 0 Å². The van der Waals surface area contributed by atoms with E-state index >= 15 is 0 Å². The summed E-state index contributed by atoms with van der Waals surface area (Å²) in [6, 6.07) is 17.4. The maximum Gasteiger partial charge on any atom is 0.344 e. The maximum absolute atomic E-state index is 12.0. The summed E-state index contributed by atoms with van der Waals surface area (Å²) >= 11 is 0. The Morgan fingerprint density at radius 2 is 1.35 bits per heavy atom. The predicted octanol–water partition coefficient (Wildman–Crippen LogP) is 2.84. The molecular formula is C16H13NO3. The van der Waals surface area contributed by atoms with Gasteiger partial charge in [0, 0.05) is 12.5 Å². The number of hydrogen-bond donors (Lipinski definition) is 0. The van der Waals surface area contributed by atoms with Crippen molar-refractivity contribution in [2.45, 2.75) is 6.92 Å². The molecule has 100 valence electrons. The number of nitrogens with zero attached hydrogens (tertiary/aromatic N) is 1. The molecule has 0 N–H and O–H groups in total. The van der Waals surface area contributed by atoms with Gasteiger partial charge in [-0.2, -0.15) is 4.99 Å². The molecule has 0 aliphatic rings. The second-order valence-electron chi connectivity index (χ2n) is 4.06. The van der Waals surface area contributed by atoms with E-state index in [9.17, 15) is 9.59 Å². The van der Waals surface area contributed by atoms with Gasteiger partial charge in [-0.25, -0.2) is 4.79 Å². The highest BCUT2D eigenvalue weighted by molar-refractivity contribution is 6.08. The van der Waals surface area contributed by atoms with Crippen LogP contribution in [0.4, 0.5) is 0 Å². The molecule has 0 bridgehead atoms. The van der Waals surface area contributed by atoms with Crippen molar-refractivity contribution in [2.24, 2.45) is 4.99 Å². The van der Waals surface area contributed by atoms with Gasteiger partial charge in [-0.05, 0) is 24.3 Å². The van der Waals surface area contributed by atoms with Crippen LogP contribution in [0, 0.1) is 0 Å². The molecule has 0 aliphatic carbocycles. The Kier molecular flexibility index (Phi) is 4.39. The van der Waals surface area contributed by atoms with Crippen molar-refractivity contribution in [3.8, 4) is 0 Å². The topological polar surface area (TPSA) is 55.7 Å². The summed E-state index contributed by atoms with van der Waals surface area (Å²) in [5.41, 5.74) is 0.978. The molecule has 0 radical (unpaired) electrons. The normalized spacial score (nSPS) is 10.9. The fourth-order valence-electron chi connectivity index (χ4n) is 1.59. The fraction of sp³-hybridized carbons (Fsp3) is 0.0625. The third-order valence-corrected chi connectivity index (χ3v) is 2.48. The van der Waals surface area contributed by atoms with Crippen molar-refractivity contribution >= 4 is 17.8 Å². The van der Waals surface area contributed by atoms with Crippen LogP contribution >= 0.6 is 0 Å². The minimum atomic E-state index is -0.547. The van der Waals surface area contributed by atoms with Crippen LogP contribution in [0.15, 0.2) is 65.7 Å². The lowest BCUT2D eigenvalue weighted by atomic mass is 10.2. The number of benzene rings is 2. The first-order valence-corrected chi connectivity index (χ1v) is 6.09. The van der Waals surface area contributed by atoms with Gasteiger partial charge in [0.15, 0.2) is 0 Å². The number of rotatable bonds is 2. The molecule has 4 nitrogen and oxygen atoms in total. The SMILES string of the molecule is CC(=O)N=C(OC(=O)c1ccccc1)c1ccccc1. The molecule has 0 unspecified atom stereocenters. The first-order valence-electron chi connectivity index (χ1n) is 6.09. The van der Waals surface area contributed by atoms with Gasteiger partial charge < -0.3 is 4.74 Å². The maximum atomic E-state index is 12.0. The minimum absolute atomic E-state index is 0.00644. The highest BCUT2D eigenvalue weighted by Crippen LogP contribution is 2.07. The second-order valence-corrected chi connectivity index (χ2v) is 4.06. The molecule has 0 saturated heterocycles. The smallest absolute Gasteiger partial charge is 0.344 e. The van der Waals surface area contributed by atoms with E-state index < -0.39 is 11.9 Å². The molecule has 0 aliphatic heterocycles. The minimum Gasteiger partial charge on any atom is -0.403 e. The van der Waals surface area contributed by atoms with Crippen molar-refractivity contribution < 1.29 is 14.3 Å². The monoisotopic (exact) mass is 267 g/mol. The molecular weight excluding hydrogens is 254 g/mol. The summed E-state index contributed by atoms with van der Waals surface area (Å²) in [5.74, 6) is -0.967.